The standard InChI is InChI=1S/C31H27Cl2F2N3O5/c1-18-8-9-24(34)30(28(18)33)43-11-3-7-27(39)38-10-4-12-42-29-21(5-2-6-26(29)38)20-15-36-37(16-20)17-22-23(32)13-19(31(40)41)14-25(22)35/h2,5-6,8-9,13-16H,3-4,7,10-12,17H2,1H3,(H,40,41). The number of carboxylic acids is 1. The predicted molar refractivity (Wildman–Crippen MR) is 158 cm³/mol. The largest absolute Gasteiger partial charge is 0.491 e. The third-order valence-electron chi connectivity index (χ3n) is 7.03. The summed E-state index contributed by atoms with van der Waals surface area (Å²) >= 11 is 12.3. The van der Waals surface area contributed by atoms with Gasteiger partial charge in [0, 0.05) is 40.9 Å². The van der Waals surface area contributed by atoms with Crippen molar-refractivity contribution in [3.05, 3.63) is 93.2 Å². The molecule has 1 N–H and O–H groups in total. The van der Waals surface area contributed by atoms with Crippen LogP contribution in [0.4, 0.5) is 14.5 Å². The first kappa shape index (κ1) is 30.3. The van der Waals surface area contributed by atoms with Gasteiger partial charge < -0.3 is 19.5 Å². The number of carboxylic acid groups (broad SMARTS) is 1. The van der Waals surface area contributed by atoms with Crippen molar-refractivity contribution in [1.29, 1.82) is 0 Å². The third kappa shape index (κ3) is 6.60. The number of benzene rings is 3. The molecule has 0 saturated carbocycles. The Balaban J connectivity index is 1.30. The fourth-order valence-electron chi connectivity index (χ4n) is 4.82. The molecule has 0 fully saturated rings. The number of anilines is 1. The molecule has 1 aromatic heterocycles. The first-order chi connectivity index (χ1) is 20.6. The molecule has 1 aliphatic rings. The highest BCUT2D eigenvalue weighted by atomic mass is 35.5. The highest BCUT2D eigenvalue weighted by Gasteiger charge is 2.25. The molecule has 0 spiro atoms. The summed E-state index contributed by atoms with van der Waals surface area (Å²) in [5.41, 5.74) is 2.55. The lowest BCUT2D eigenvalue weighted by Crippen LogP contribution is -2.31. The Kier molecular flexibility index (Phi) is 9.17. The van der Waals surface area contributed by atoms with Gasteiger partial charge in [-0.3, -0.25) is 9.48 Å². The Morgan fingerprint density at radius 1 is 1.14 bits per heavy atom. The Morgan fingerprint density at radius 2 is 1.95 bits per heavy atom. The van der Waals surface area contributed by atoms with Gasteiger partial charge in [0.05, 0.1) is 42.2 Å². The molecule has 1 aliphatic heterocycles. The summed E-state index contributed by atoms with van der Waals surface area (Å²) in [5, 5.41) is 13.7. The normalized spacial score (nSPS) is 12.8. The lowest BCUT2D eigenvalue weighted by atomic mass is 10.1. The second-order valence-electron chi connectivity index (χ2n) is 10.0. The average Bonchev–Trinajstić information content (AvgIpc) is 3.33. The average molecular weight is 630 g/mol. The van der Waals surface area contributed by atoms with Crippen LogP contribution in [0.5, 0.6) is 11.5 Å². The summed E-state index contributed by atoms with van der Waals surface area (Å²) in [6, 6.07) is 10.5. The summed E-state index contributed by atoms with van der Waals surface area (Å²) in [6.07, 6.45) is 4.43. The maximum atomic E-state index is 14.6. The number of hydrogen-bond acceptors (Lipinski definition) is 5. The van der Waals surface area contributed by atoms with Crippen molar-refractivity contribution in [3.63, 3.8) is 0 Å². The number of hydrogen-bond donors (Lipinski definition) is 1. The zero-order chi connectivity index (χ0) is 30.7. The number of rotatable bonds is 9. The number of para-hydroxylation sites is 1. The van der Waals surface area contributed by atoms with E-state index in [2.05, 4.69) is 5.10 Å². The molecule has 5 rings (SSSR count). The lowest BCUT2D eigenvalue weighted by molar-refractivity contribution is -0.118. The summed E-state index contributed by atoms with van der Waals surface area (Å²) < 4.78 is 41.9. The molecule has 0 unspecified atom stereocenters. The molecule has 0 aliphatic carbocycles. The van der Waals surface area contributed by atoms with Gasteiger partial charge >= 0.3 is 5.97 Å². The topological polar surface area (TPSA) is 93.9 Å². The van der Waals surface area contributed by atoms with E-state index in [-0.39, 0.29) is 52.4 Å². The number of ether oxygens (including phenoxy) is 2. The molecular weight excluding hydrogens is 603 g/mol. The van der Waals surface area contributed by atoms with E-state index >= 15 is 0 Å². The van der Waals surface area contributed by atoms with Gasteiger partial charge in [-0.2, -0.15) is 5.10 Å². The Labute approximate surface area is 256 Å². The first-order valence-corrected chi connectivity index (χ1v) is 14.3. The van der Waals surface area contributed by atoms with Crippen molar-refractivity contribution in [3.8, 4) is 22.6 Å². The highest BCUT2D eigenvalue weighted by Crippen LogP contribution is 2.40. The van der Waals surface area contributed by atoms with Gasteiger partial charge in [-0.05, 0) is 49.6 Å². The van der Waals surface area contributed by atoms with Crippen LogP contribution in [0.3, 0.4) is 0 Å². The van der Waals surface area contributed by atoms with Crippen LogP contribution in [0.15, 0.2) is 54.9 Å². The minimum atomic E-state index is -1.28. The van der Waals surface area contributed by atoms with Gasteiger partial charge in [-0.25, -0.2) is 13.6 Å². The minimum absolute atomic E-state index is 0.0157. The van der Waals surface area contributed by atoms with Crippen LogP contribution in [-0.4, -0.2) is 46.5 Å². The smallest absolute Gasteiger partial charge is 0.335 e. The van der Waals surface area contributed by atoms with E-state index in [0.29, 0.717) is 54.1 Å². The molecule has 3 aromatic carbocycles. The molecule has 0 saturated heterocycles. The van der Waals surface area contributed by atoms with Gasteiger partial charge in [0.1, 0.15) is 5.82 Å². The van der Waals surface area contributed by atoms with Gasteiger partial charge in [-0.15, -0.1) is 0 Å². The molecule has 0 bridgehead atoms. The first-order valence-electron chi connectivity index (χ1n) is 13.5. The van der Waals surface area contributed by atoms with E-state index in [1.165, 1.54) is 16.8 Å². The number of aromatic carboxylic acids is 1. The maximum absolute atomic E-state index is 14.6. The van der Waals surface area contributed by atoms with E-state index in [0.717, 1.165) is 6.07 Å². The molecule has 43 heavy (non-hydrogen) atoms. The molecule has 224 valence electrons. The monoisotopic (exact) mass is 629 g/mol. The van der Waals surface area contributed by atoms with Gasteiger partial charge in [0.15, 0.2) is 17.3 Å². The van der Waals surface area contributed by atoms with E-state index in [1.807, 2.05) is 18.2 Å². The van der Waals surface area contributed by atoms with Crippen LogP contribution in [0.2, 0.25) is 10.0 Å². The zero-order valence-electron chi connectivity index (χ0n) is 23.1. The van der Waals surface area contributed by atoms with E-state index < -0.39 is 17.6 Å². The van der Waals surface area contributed by atoms with Crippen LogP contribution in [0, 0.1) is 18.6 Å². The molecule has 1 amide bonds. The maximum Gasteiger partial charge on any atom is 0.335 e. The van der Waals surface area contributed by atoms with E-state index in [1.54, 1.807) is 30.3 Å². The van der Waals surface area contributed by atoms with Gasteiger partial charge in [0.25, 0.3) is 0 Å². The number of carbonyl (C=O) groups excluding carboxylic acids is 1. The molecule has 12 heteroatoms. The molecule has 0 radical (unpaired) electrons. The fraction of sp³-hybridized carbons (Fsp3) is 0.258. The summed E-state index contributed by atoms with van der Waals surface area (Å²) in [4.78, 5) is 26.2. The Hall–Kier alpha value is -4.15. The van der Waals surface area contributed by atoms with E-state index in [9.17, 15) is 18.4 Å². The van der Waals surface area contributed by atoms with Crippen molar-refractivity contribution in [2.24, 2.45) is 0 Å². The number of aryl methyl sites for hydroxylation is 1. The SMILES string of the molecule is Cc1ccc(F)c(OCCCC(=O)N2CCCOc3c(-c4cnn(Cc5c(F)cc(C(=O)O)cc5Cl)c4)cccc32)c1Cl. The van der Waals surface area contributed by atoms with Crippen molar-refractivity contribution in [1.82, 2.24) is 9.78 Å². The summed E-state index contributed by atoms with van der Waals surface area (Å²) in [5.74, 6) is -2.20. The van der Waals surface area contributed by atoms with E-state index in [4.69, 9.17) is 37.8 Å². The zero-order valence-corrected chi connectivity index (χ0v) is 24.6. The number of aromatic nitrogens is 2. The van der Waals surface area contributed by atoms with Crippen LogP contribution in [0.1, 0.15) is 40.7 Å². The molecular formula is C31H27Cl2F2N3O5. The molecule has 4 aromatic rings. The lowest BCUT2D eigenvalue weighted by Gasteiger charge is -2.23. The van der Waals surface area contributed by atoms with Crippen molar-refractivity contribution < 1.29 is 33.0 Å². The molecule has 8 nitrogen and oxygen atoms in total. The number of nitrogens with zero attached hydrogens (tertiary/aromatic N) is 3. The predicted octanol–water partition coefficient (Wildman–Crippen LogP) is 7.16. The molecule has 2 heterocycles. The number of carbonyl (C=O) groups is 2. The number of fused-ring (bicyclic) bond motifs is 1. The number of amides is 1. The van der Waals surface area contributed by atoms with Crippen molar-refractivity contribution >= 4 is 40.8 Å². The second kappa shape index (κ2) is 13.0. The van der Waals surface area contributed by atoms with Crippen molar-refractivity contribution in [2.75, 3.05) is 24.7 Å². The highest BCUT2D eigenvalue weighted by molar-refractivity contribution is 6.32. The fourth-order valence-corrected chi connectivity index (χ4v) is 5.29. The Morgan fingerprint density at radius 3 is 2.72 bits per heavy atom. The summed E-state index contributed by atoms with van der Waals surface area (Å²) in [7, 11) is 0. The van der Waals surface area contributed by atoms with Crippen LogP contribution >= 0.6 is 23.2 Å². The second-order valence-corrected chi connectivity index (χ2v) is 10.8. The number of halogens is 4. The minimum Gasteiger partial charge on any atom is -0.491 e. The summed E-state index contributed by atoms with van der Waals surface area (Å²) in [6.45, 7) is 2.70. The Bertz CT molecular complexity index is 1670. The quantitative estimate of drug-likeness (QED) is 0.197. The van der Waals surface area contributed by atoms with Gasteiger partial charge in [-0.1, -0.05) is 41.4 Å². The van der Waals surface area contributed by atoms with Crippen LogP contribution in [-0.2, 0) is 11.3 Å². The van der Waals surface area contributed by atoms with Crippen LogP contribution < -0.4 is 14.4 Å². The van der Waals surface area contributed by atoms with Gasteiger partial charge in [0.2, 0.25) is 5.91 Å². The molecule has 0 atom stereocenters. The third-order valence-corrected chi connectivity index (χ3v) is 7.84. The van der Waals surface area contributed by atoms with Crippen LogP contribution in [0.25, 0.3) is 11.1 Å². The van der Waals surface area contributed by atoms with Crippen molar-refractivity contribution in [2.45, 2.75) is 32.7 Å².